The number of benzene rings is 1. The second kappa shape index (κ2) is 9.12. The Kier molecular flexibility index (Phi) is 6.36. The molecule has 1 atom stereocenters. The summed E-state index contributed by atoms with van der Waals surface area (Å²) in [5.41, 5.74) is 2.41. The lowest BCUT2D eigenvalue weighted by atomic mass is 10.1. The van der Waals surface area contributed by atoms with Crippen LogP contribution in [0.1, 0.15) is 23.4 Å². The predicted molar refractivity (Wildman–Crippen MR) is 103 cm³/mol. The van der Waals surface area contributed by atoms with Crippen LogP contribution >= 0.6 is 0 Å². The molecule has 0 aliphatic heterocycles. The van der Waals surface area contributed by atoms with Crippen molar-refractivity contribution in [2.24, 2.45) is 0 Å². The maximum atomic E-state index is 12.0. The lowest BCUT2D eigenvalue weighted by molar-refractivity contribution is -0.841. The van der Waals surface area contributed by atoms with E-state index in [0.29, 0.717) is 41.6 Å². The number of pyridine rings is 1. The van der Waals surface area contributed by atoms with Crippen LogP contribution in [0.3, 0.4) is 0 Å². The van der Waals surface area contributed by atoms with Gasteiger partial charge in [-0.2, -0.15) is 0 Å². The lowest BCUT2D eigenvalue weighted by Gasteiger charge is -2.15. The van der Waals surface area contributed by atoms with Crippen LogP contribution < -0.4 is 15.1 Å². The van der Waals surface area contributed by atoms with Gasteiger partial charge in [0.1, 0.15) is 18.0 Å². The van der Waals surface area contributed by atoms with Crippen molar-refractivity contribution >= 4 is 11.8 Å². The minimum absolute atomic E-state index is 0.0523. The van der Waals surface area contributed by atoms with Crippen LogP contribution in [0.4, 0.5) is 5.88 Å². The number of hydrogen-bond donors (Lipinski definition) is 2. The minimum Gasteiger partial charge on any atom is -0.634 e. The number of nitrogens with zero attached hydrogens (tertiary/aromatic N) is 2. The molecule has 146 valence electrons. The van der Waals surface area contributed by atoms with Gasteiger partial charge in [0.15, 0.2) is 0 Å². The number of aromatic nitrogens is 2. The number of rotatable bonds is 8. The highest BCUT2D eigenvalue weighted by atomic mass is 16.5. The zero-order valence-electron chi connectivity index (χ0n) is 15.8. The fourth-order valence-electron chi connectivity index (χ4n) is 2.61. The number of nitrogens with one attached hydrogen (secondary N) is 2. The van der Waals surface area contributed by atoms with Gasteiger partial charge in [0.2, 0.25) is 11.8 Å². The third kappa shape index (κ3) is 5.90. The van der Waals surface area contributed by atoms with Crippen LogP contribution in [0.5, 0.6) is 11.5 Å². The third-order valence-electron chi connectivity index (χ3n) is 3.91. The molecule has 8 heteroatoms. The molecule has 0 radical (unpaired) electrons. The number of quaternary nitrogens is 1. The Bertz CT molecular complexity index is 922. The molecule has 28 heavy (non-hydrogen) atoms. The number of hydrogen-bond acceptors (Lipinski definition) is 6. The number of amides is 1. The highest BCUT2D eigenvalue weighted by Gasteiger charge is 2.07. The highest BCUT2D eigenvalue weighted by Crippen LogP contribution is 2.22. The van der Waals surface area contributed by atoms with Crippen molar-refractivity contribution < 1.29 is 19.1 Å². The molecule has 0 bridgehead atoms. The number of aryl methyl sites for hydroxylation is 2. The van der Waals surface area contributed by atoms with Gasteiger partial charge in [0.05, 0.1) is 18.4 Å². The molecule has 1 aromatic carbocycles. The van der Waals surface area contributed by atoms with Crippen LogP contribution in [-0.4, -0.2) is 23.1 Å². The standard InChI is InChI=1S/C20H22N4O4/c1-14-11-20(28-23-14)22-19(25)8-5-15-3-6-17(7-4-15)27-18-9-10-21-16(12-18)13-24(2)26/h3-4,6-7,9-12,24H,5,8,13H2,1-2H3,(H,22,25). The first-order valence-electron chi connectivity index (χ1n) is 8.92. The largest absolute Gasteiger partial charge is 0.634 e. The molecule has 3 aromatic rings. The zero-order valence-corrected chi connectivity index (χ0v) is 15.8. The topological polar surface area (TPSA) is 105 Å². The van der Waals surface area contributed by atoms with Gasteiger partial charge < -0.3 is 19.5 Å². The zero-order chi connectivity index (χ0) is 19.9. The Balaban J connectivity index is 1.51. The van der Waals surface area contributed by atoms with Crippen molar-refractivity contribution in [2.45, 2.75) is 26.3 Å². The molecule has 3 rings (SSSR count). The Morgan fingerprint density at radius 1 is 1.21 bits per heavy atom. The fourth-order valence-corrected chi connectivity index (χ4v) is 2.61. The molecular weight excluding hydrogens is 360 g/mol. The molecule has 0 saturated heterocycles. The van der Waals surface area contributed by atoms with E-state index in [-0.39, 0.29) is 17.5 Å². The van der Waals surface area contributed by atoms with Crippen LogP contribution in [0.25, 0.3) is 0 Å². The third-order valence-corrected chi connectivity index (χ3v) is 3.91. The Morgan fingerprint density at radius 3 is 2.68 bits per heavy atom. The van der Waals surface area contributed by atoms with Gasteiger partial charge in [-0.15, -0.1) is 0 Å². The van der Waals surface area contributed by atoms with Crippen molar-refractivity contribution in [2.75, 3.05) is 12.4 Å². The van der Waals surface area contributed by atoms with Crippen LogP contribution in [0.2, 0.25) is 0 Å². The number of carbonyl (C=O) groups excluding carboxylic acids is 1. The molecule has 2 N–H and O–H groups in total. The molecule has 0 spiro atoms. The summed E-state index contributed by atoms with van der Waals surface area (Å²) in [6, 6.07) is 12.7. The molecule has 0 aliphatic carbocycles. The summed E-state index contributed by atoms with van der Waals surface area (Å²) in [7, 11) is 1.53. The van der Waals surface area contributed by atoms with Gasteiger partial charge in [-0.1, -0.05) is 17.3 Å². The normalized spacial score (nSPS) is 11.8. The van der Waals surface area contributed by atoms with Crippen molar-refractivity contribution in [3.05, 3.63) is 70.8 Å². The van der Waals surface area contributed by atoms with E-state index in [2.05, 4.69) is 15.5 Å². The van der Waals surface area contributed by atoms with Gasteiger partial charge in [0, 0.05) is 24.8 Å². The van der Waals surface area contributed by atoms with Gasteiger partial charge in [-0.25, -0.2) is 0 Å². The molecular formula is C20H22N4O4. The molecule has 0 fully saturated rings. The summed E-state index contributed by atoms with van der Waals surface area (Å²) in [6.45, 7) is 2.07. The van der Waals surface area contributed by atoms with Crippen molar-refractivity contribution in [3.63, 3.8) is 0 Å². The number of carbonyl (C=O) groups is 1. The number of anilines is 1. The van der Waals surface area contributed by atoms with Gasteiger partial charge in [0.25, 0.3) is 0 Å². The van der Waals surface area contributed by atoms with Crippen molar-refractivity contribution in [3.8, 4) is 11.5 Å². The summed E-state index contributed by atoms with van der Waals surface area (Å²) in [4.78, 5) is 16.1. The smallest absolute Gasteiger partial charge is 0.231 e. The van der Waals surface area contributed by atoms with E-state index in [4.69, 9.17) is 9.26 Å². The van der Waals surface area contributed by atoms with Crippen LogP contribution in [0.15, 0.2) is 53.2 Å². The van der Waals surface area contributed by atoms with Crippen LogP contribution in [0, 0.1) is 12.1 Å². The molecule has 0 saturated carbocycles. The monoisotopic (exact) mass is 382 g/mol. The molecule has 0 aliphatic rings. The maximum absolute atomic E-state index is 12.0. The van der Waals surface area contributed by atoms with Gasteiger partial charge in [-0.3, -0.25) is 15.1 Å². The van der Waals surface area contributed by atoms with E-state index < -0.39 is 0 Å². The summed E-state index contributed by atoms with van der Waals surface area (Å²) in [6.07, 6.45) is 2.55. The summed E-state index contributed by atoms with van der Waals surface area (Å²) < 4.78 is 10.8. The SMILES string of the molecule is Cc1cc(NC(=O)CCc2ccc(Oc3ccnc(C[NH+](C)[O-])c3)cc2)on1. The molecule has 2 aromatic heterocycles. The first kappa shape index (κ1) is 19.5. The Labute approximate surface area is 162 Å². The summed E-state index contributed by atoms with van der Waals surface area (Å²) >= 11 is 0. The molecule has 8 nitrogen and oxygen atoms in total. The highest BCUT2D eigenvalue weighted by molar-refractivity contribution is 5.89. The summed E-state index contributed by atoms with van der Waals surface area (Å²) in [5, 5.41) is 17.7. The Hall–Kier alpha value is -3.23. The van der Waals surface area contributed by atoms with E-state index in [9.17, 15) is 10.0 Å². The Morgan fingerprint density at radius 2 is 2.00 bits per heavy atom. The number of hydroxylamine groups is 2. The second-order valence-corrected chi connectivity index (χ2v) is 6.49. The molecule has 1 unspecified atom stereocenters. The van der Waals surface area contributed by atoms with E-state index in [1.807, 2.05) is 24.3 Å². The molecule has 1 amide bonds. The second-order valence-electron chi connectivity index (χ2n) is 6.49. The van der Waals surface area contributed by atoms with E-state index in [0.717, 1.165) is 5.56 Å². The first-order valence-corrected chi connectivity index (χ1v) is 8.92. The average molecular weight is 382 g/mol. The first-order chi connectivity index (χ1) is 13.5. The van der Waals surface area contributed by atoms with E-state index in [1.165, 1.54) is 7.05 Å². The van der Waals surface area contributed by atoms with E-state index >= 15 is 0 Å². The van der Waals surface area contributed by atoms with Crippen molar-refractivity contribution in [1.29, 1.82) is 0 Å². The lowest BCUT2D eigenvalue weighted by Crippen LogP contribution is -3.02. The fraction of sp³-hybridized carbons (Fsp3) is 0.250. The van der Waals surface area contributed by atoms with E-state index in [1.54, 1.807) is 31.3 Å². The minimum atomic E-state index is -0.133. The van der Waals surface area contributed by atoms with Crippen LogP contribution in [-0.2, 0) is 17.8 Å². The summed E-state index contributed by atoms with van der Waals surface area (Å²) in [5.74, 6) is 1.52. The maximum Gasteiger partial charge on any atom is 0.231 e. The van der Waals surface area contributed by atoms with Gasteiger partial charge >= 0.3 is 0 Å². The number of ether oxygens (including phenoxy) is 1. The predicted octanol–water partition coefficient (Wildman–Crippen LogP) is 2.25. The quantitative estimate of drug-likeness (QED) is 0.579. The molecule has 2 heterocycles. The average Bonchev–Trinajstić information content (AvgIpc) is 3.05. The van der Waals surface area contributed by atoms with Gasteiger partial charge in [-0.05, 0) is 37.1 Å². The van der Waals surface area contributed by atoms with Crippen molar-refractivity contribution in [1.82, 2.24) is 10.1 Å².